The standard InChI is InChI=1S/C3H6O2.BrH/c1-3(4)5-2;/h1-2H3;1H. The summed E-state index contributed by atoms with van der Waals surface area (Å²) in [4.78, 5) is 9.59. The summed E-state index contributed by atoms with van der Waals surface area (Å²) in [5.41, 5.74) is 0. The van der Waals surface area contributed by atoms with E-state index in [0.29, 0.717) is 0 Å². The van der Waals surface area contributed by atoms with Gasteiger partial charge in [-0.3, -0.25) is 4.79 Å². The van der Waals surface area contributed by atoms with Gasteiger partial charge in [0.25, 0.3) is 0 Å². The Morgan fingerprint density at radius 2 is 1.83 bits per heavy atom. The third kappa shape index (κ3) is 9.04. The molecule has 0 unspecified atom stereocenters. The molecular weight excluding hydrogens is 148 g/mol. The zero-order valence-corrected chi connectivity index (χ0v) is 5.44. The lowest BCUT2D eigenvalue weighted by Crippen LogP contribution is -1.88. The second kappa shape index (κ2) is 4.95. The Hall–Kier alpha value is -0.0500. The number of halogens is 1. The van der Waals surface area contributed by atoms with E-state index in [-0.39, 0.29) is 23.0 Å². The first kappa shape index (κ1) is 9.34. The fourth-order valence-electron chi connectivity index (χ4n) is 0. The van der Waals surface area contributed by atoms with Crippen LogP contribution < -0.4 is 0 Å². The molecule has 0 aromatic heterocycles. The van der Waals surface area contributed by atoms with Crippen molar-refractivity contribution in [1.82, 2.24) is 0 Å². The molecule has 0 fully saturated rings. The maximum Gasteiger partial charge on any atom is 0.302 e. The van der Waals surface area contributed by atoms with Crippen LogP contribution in [0.5, 0.6) is 0 Å². The Morgan fingerprint density at radius 3 is 1.83 bits per heavy atom. The van der Waals surface area contributed by atoms with Crippen LogP contribution in [0.3, 0.4) is 0 Å². The molecule has 0 bridgehead atoms. The van der Waals surface area contributed by atoms with Gasteiger partial charge in [0.05, 0.1) is 7.11 Å². The lowest BCUT2D eigenvalue weighted by Gasteiger charge is -1.80. The molecule has 0 spiro atoms. The quantitative estimate of drug-likeness (QED) is 0.482. The van der Waals surface area contributed by atoms with Crippen LogP contribution >= 0.6 is 17.0 Å². The van der Waals surface area contributed by atoms with Crippen LogP contribution in [0.25, 0.3) is 0 Å². The molecular formula is C3H7BrO2. The zero-order valence-electron chi connectivity index (χ0n) is 3.72. The van der Waals surface area contributed by atoms with E-state index in [1.165, 1.54) is 14.0 Å². The van der Waals surface area contributed by atoms with Crippen molar-refractivity contribution in [2.75, 3.05) is 7.11 Å². The predicted molar refractivity (Wildman–Crippen MR) is 28.0 cm³/mol. The first-order valence-electron chi connectivity index (χ1n) is 1.32. The number of carbonyl (C=O) groups excluding carboxylic acids is 1. The first-order valence-corrected chi connectivity index (χ1v) is 1.32. The molecule has 6 heavy (non-hydrogen) atoms. The van der Waals surface area contributed by atoms with Gasteiger partial charge in [-0.2, -0.15) is 0 Å². The highest BCUT2D eigenvalue weighted by atomic mass is 79.9. The van der Waals surface area contributed by atoms with Crippen LogP contribution in [0.2, 0.25) is 0 Å². The average Bonchev–Trinajstić information content (AvgIpc) is 1.38. The van der Waals surface area contributed by atoms with Crippen molar-refractivity contribution in [3.05, 3.63) is 0 Å². The van der Waals surface area contributed by atoms with Crippen molar-refractivity contribution >= 4 is 23.0 Å². The fraction of sp³-hybridized carbons (Fsp3) is 0.667. The minimum Gasteiger partial charge on any atom is -0.469 e. The Bertz CT molecular complexity index is 44.1. The van der Waals surface area contributed by atoms with Crippen LogP contribution in [0.4, 0.5) is 0 Å². The largest absolute Gasteiger partial charge is 0.469 e. The normalized spacial score (nSPS) is 5.67. The molecule has 0 N–H and O–H groups in total. The predicted octanol–water partition coefficient (Wildman–Crippen LogP) is 0.757. The summed E-state index contributed by atoms with van der Waals surface area (Å²) in [7, 11) is 1.35. The van der Waals surface area contributed by atoms with E-state index in [1.54, 1.807) is 0 Å². The van der Waals surface area contributed by atoms with E-state index >= 15 is 0 Å². The SMILES string of the molecule is Br.COC(C)=O. The van der Waals surface area contributed by atoms with Crippen molar-refractivity contribution < 1.29 is 9.53 Å². The van der Waals surface area contributed by atoms with Crippen LogP contribution in [0.1, 0.15) is 6.92 Å². The van der Waals surface area contributed by atoms with Crippen LogP contribution in [-0.4, -0.2) is 13.1 Å². The van der Waals surface area contributed by atoms with Gasteiger partial charge in [-0.25, -0.2) is 0 Å². The van der Waals surface area contributed by atoms with Gasteiger partial charge in [-0.1, -0.05) is 0 Å². The van der Waals surface area contributed by atoms with E-state index in [0.717, 1.165) is 0 Å². The second-order valence-electron chi connectivity index (χ2n) is 0.696. The Kier molecular flexibility index (Phi) is 7.71. The van der Waals surface area contributed by atoms with Crippen molar-refractivity contribution in [1.29, 1.82) is 0 Å². The number of hydrogen-bond donors (Lipinski definition) is 0. The molecule has 0 radical (unpaired) electrons. The molecule has 0 aliphatic carbocycles. The zero-order chi connectivity index (χ0) is 4.28. The number of esters is 1. The number of rotatable bonds is 0. The van der Waals surface area contributed by atoms with Crippen LogP contribution in [-0.2, 0) is 9.53 Å². The number of methoxy groups -OCH3 is 1. The summed E-state index contributed by atoms with van der Waals surface area (Å²) in [6.07, 6.45) is 0. The molecule has 0 aliphatic heterocycles. The maximum atomic E-state index is 9.59. The third-order valence-electron chi connectivity index (χ3n) is 0.287. The molecule has 2 nitrogen and oxygen atoms in total. The van der Waals surface area contributed by atoms with E-state index in [2.05, 4.69) is 4.74 Å². The fourth-order valence-corrected chi connectivity index (χ4v) is 0. The van der Waals surface area contributed by atoms with Crippen molar-refractivity contribution in [3.63, 3.8) is 0 Å². The molecule has 0 saturated heterocycles. The van der Waals surface area contributed by atoms with Crippen molar-refractivity contribution in [2.45, 2.75) is 6.92 Å². The minimum atomic E-state index is -0.245. The molecule has 0 saturated carbocycles. The van der Waals surface area contributed by atoms with Gasteiger partial charge in [0.15, 0.2) is 0 Å². The first-order chi connectivity index (χ1) is 2.27. The summed E-state index contributed by atoms with van der Waals surface area (Å²) in [5, 5.41) is 0. The molecule has 0 amide bonds. The Morgan fingerprint density at radius 1 is 1.67 bits per heavy atom. The van der Waals surface area contributed by atoms with Gasteiger partial charge in [0.2, 0.25) is 0 Å². The smallest absolute Gasteiger partial charge is 0.302 e. The number of ether oxygens (including phenoxy) is 1. The van der Waals surface area contributed by atoms with Gasteiger partial charge >= 0.3 is 5.97 Å². The van der Waals surface area contributed by atoms with Crippen molar-refractivity contribution in [3.8, 4) is 0 Å². The monoisotopic (exact) mass is 154 g/mol. The summed E-state index contributed by atoms with van der Waals surface area (Å²) in [6.45, 7) is 1.36. The minimum absolute atomic E-state index is 0. The van der Waals surface area contributed by atoms with Gasteiger partial charge in [0, 0.05) is 6.92 Å². The van der Waals surface area contributed by atoms with E-state index in [4.69, 9.17) is 0 Å². The lowest BCUT2D eigenvalue weighted by atomic mass is 10.8. The topological polar surface area (TPSA) is 26.3 Å². The molecule has 0 aliphatic rings. The highest BCUT2D eigenvalue weighted by molar-refractivity contribution is 8.93. The molecule has 0 aromatic carbocycles. The molecule has 38 valence electrons. The molecule has 0 atom stereocenters. The summed E-state index contributed by atoms with van der Waals surface area (Å²) in [5.74, 6) is -0.245. The lowest BCUT2D eigenvalue weighted by molar-refractivity contribution is -0.137. The maximum absolute atomic E-state index is 9.59. The molecule has 0 heterocycles. The number of carbonyl (C=O) groups is 1. The van der Waals surface area contributed by atoms with Crippen LogP contribution in [0, 0.1) is 0 Å². The Labute approximate surface area is 47.3 Å². The third-order valence-corrected chi connectivity index (χ3v) is 0.287. The molecule has 0 rings (SSSR count). The van der Waals surface area contributed by atoms with E-state index in [1.807, 2.05) is 0 Å². The van der Waals surface area contributed by atoms with Crippen molar-refractivity contribution in [2.24, 2.45) is 0 Å². The number of hydrogen-bond acceptors (Lipinski definition) is 2. The highest BCUT2D eigenvalue weighted by Crippen LogP contribution is 1.60. The Balaban J connectivity index is 0. The van der Waals surface area contributed by atoms with Gasteiger partial charge in [0.1, 0.15) is 0 Å². The summed E-state index contributed by atoms with van der Waals surface area (Å²) in [6, 6.07) is 0. The summed E-state index contributed by atoms with van der Waals surface area (Å²) < 4.78 is 4.11. The van der Waals surface area contributed by atoms with E-state index in [9.17, 15) is 4.79 Å². The molecule has 3 heteroatoms. The highest BCUT2D eigenvalue weighted by Gasteiger charge is 1.75. The van der Waals surface area contributed by atoms with E-state index < -0.39 is 0 Å². The molecule has 0 aromatic rings. The average molecular weight is 155 g/mol. The van der Waals surface area contributed by atoms with Crippen LogP contribution in [0.15, 0.2) is 0 Å². The van der Waals surface area contributed by atoms with Gasteiger partial charge in [-0.15, -0.1) is 17.0 Å². The second-order valence-corrected chi connectivity index (χ2v) is 0.696. The van der Waals surface area contributed by atoms with Gasteiger partial charge < -0.3 is 4.74 Å². The summed E-state index contributed by atoms with van der Waals surface area (Å²) >= 11 is 0. The van der Waals surface area contributed by atoms with Gasteiger partial charge in [-0.05, 0) is 0 Å².